The number of oxazole rings is 1. The highest BCUT2D eigenvalue weighted by Crippen LogP contribution is 2.62. The number of aromatic nitrogens is 1. The van der Waals surface area contributed by atoms with E-state index < -0.39 is 0 Å². The van der Waals surface area contributed by atoms with Gasteiger partial charge in [-0.3, -0.25) is 0 Å². The Hall–Kier alpha value is -1.56. The number of nitrogens with one attached hydrogen (secondary N) is 2. The van der Waals surface area contributed by atoms with E-state index in [4.69, 9.17) is 14.1 Å². The van der Waals surface area contributed by atoms with Gasteiger partial charge in [0.25, 0.3) is 0 Å². The van der Waals surface area contributed by atoms with Crippen molar-refractivity contribution in [2.24, 2.45) is 16.3 Å². The van der Waals surface area contributed by atoms with Crippen LogP contribution in [0.1, 0.15) is 65.0 Å². The van der Waals surface area contributed by atoms with Crippen LogP contribution in [-0.2, 0) is 16.7 Å². The SMILES string of the molecule is CCNC(=NCc1ncc(C(C)(C)C)o1)NC1C2CCOC2C12CCC2. The average Bonchev–Trinajstić information content (AvgIpc) is 3.16. The lowest BCUT2D eigenvalue weighted by Crippen LogP contribution is -2.72. The van der Waals surface area contributed by atoms with Crippen molar-refractivity contribution in [3.63, 3.8) is 0 Å². The number of fused-ring (bicyclic) bond motifs is 2. The van der Waals surface area contributed by atoms with E-state index in [1.165, 1.54) is 19.3 Å². The minimum absolute atomic E-state index is 0.0300. The van der Waals surface area contributed by atoms with Gasteiger partial charge in [-0.2, -0.15) is 0 Å². The largest absolute Gasteiger partial charge is 0.443 e. The summed E-state index contributed by atoms with van der Waals surface area (Å²) in [4.78, 5) is 9.12. The molecule has 3 atom stereocenters. The maximum atomic E-state index is 6.02. The van der Waals surface area contributed by atoms with Crippen molar-refractivity contribution in [1.29, 1.82) is 0 Å². The molecule has 144 valence electrons. The van der Waals surface area contributed by atoms with Gasteiger partial charge in [-0.1, -0.05) is 27.2 Å². The van der Waals surface area contributed by atoms with Crippen molar-refractivity contribution in [3.05, 3.63) is 17.8 Å². The molecular weight excluding hydrogens is 328 g/mol. The van der Waals surface area contributed by atoms with Gasteiger partial charge in [0, 0.05) is 35.9 Å². The number of rotatable bonds is 4. The van der Waals surface area contributed by atoms with Crippen LogP contribution in [0.3, 0.4) is 0 Å². The molecule has 1 aromatic rings. The summed E-state index contributed by atoms with van der Waals surface area (Å²) in [6, 6.07) is 0.483. The van der Waals surface area contributed by atoms with Crippen LogP contribution < -0.4 is 10.6 Å². The first-order valence-corrected chi connectivity index (χ1v) is 10.1. The van der Waals surface area contributed by atoms with E-state index >= 15 is 0 Å². The number of guanidine groups is 1. The summed E-state index contributed by atoms with van der Waals surface area (Å²) in [6.07, 6.45) is 7.33. The van der Waals surface area contributed by atoms with Gasteiger partial charge in [-0.05, 0) is 26.2 Å². The van der Waals surface area contributed by atoms with Gasteiger partial charge < -0.3 is 19.8 Å². The highest BCUT2D eigenvalue weighted by Gasteiger charge is 2.66. The highest BCUT2D eigenvalue weighted by atomic mass is 16.5. The number of hydrogen-bond acceptors (Lipinski definition) is 4. The molecule has 1 aromatic heterocycles. The average molecular weight is 361 g/mol. The summed E-state index contributed by atoms with van der Waals surface area (Å²) in [5.41, 5.74) is 0.317. The van der Waals surface area contributed by atoms with Crippen LogP contribution in [0.5, 0.6) is 0 Å². The van der Waals surface area contributed by atoms with E-state index in [0.29, 0.717) is 35.9 Å². The predicted octanol–water partition coefficient (Wildman–Crippen LogP) is 2.98. The Balaban J connectivity index is 1.44. The quantitative estimate of drug-likeness (QED) is 0.638. The van der Waals surface area contributed by atoms with Gasteiger partial charge in [0.15, 0.2) is 5.96 Å². The Morgan fingerprint density at radius 3 is 2.81 bits per heavy atom. The molecule has 2 N–H and O–H groups in total. The Labute approximate surface area is 156 Å². The molecule has 3 aliphatic rings. The Kier molecular flexibility index (Phi) is 4.49. The van der Waals surface area contributed by atoms with Crippen molar-refractivity contribution in [1.82, 2.24) is 15.6 Å². The van der Waals surface area contributed by atoms with Gasteiger partial charge in [0.2, 0.25) is 5.89 Å². The maximum Gasteiger partial charge on any atom is 0.216 e. The van der Waals surface area contributed by atoms with E-state index in [1.54, 1.807) is 0 Å². The molecule has 6 heteroatoms. The number of aliphatic imine (C=N–C) groups is 1. The zero-order chi connectivity index (χ0) is 18.4. The van der Waals surface area contributed by atoms with Gasteiger partial charge in [-0.25, -0.2) is 9.98 Å². The molecule has 1 saturated heterocycles. The first-order chi connectivity index (χ1) is 12.4. The maximum absolute atomic E-state index is 6.02. The first-order valence-electron chi connectivity index (χ1n) is 10.1. The van der Waals surface area contributed by atoms with Crippen LogP contribution in [0.2, 0.25) is 0 Å². The molecule has 0 radical (unpaired) electrons. The molecule has 3 fully saturated rings. The van der Waals surface area contributed by atoms with Crippen molar-refractivity contribution >= 4 is 5.96 Å². The van der Waals surface area contributed by atoms with Crippen LogP contribution in [0.25, 0.3) is 0 Å². The fourth-order valence-electron chi connectivity index (χ4n) is 4.80. The summed E-state index contributed by atoms with van der Waals surface area (Å²) in [6.45, 7) is 10.7. The fourth-order valence-corrected chi connectivity index (χ4v) is 4.80. The lowest BCUT2D eigenvalue weighted by atomic mass is 9.46. The number of ether oxygens (including phenoxy) is 1. The smallest absolute Gasteiger partial charge is 0.216 e. The normalized spacial score (nSPS) is 29.8. The molecule has 1 aliphatic heterocycles. The van der Waals surface area contributed by atoms with E-state index in [9.17, 15) is 0 Å². The molecule has 26 heavy (non-hydrogen) atoms. The van der Waals surface area contributed by atoms with Crippen molar-refractivity contribution in [3.8, 4) is 0 Å². The van der Waals surface area contributed by atoms with Gasteiger partial charge in [0.1, 0.15) is 12.3 Å². The summed E-state index contributed by atoms with van der Waals surface area (Å²) in [5.74, 6) is 3.07. The molecular formula is C20H32N4O2. The number of nitrogens with zero attached hydrogens (tertiary/aromatic N) is 2. The van der Waals surface area contributed by atoms with Crippen LogP contribution in [0.15, 0.2) is 15.6 Å². The molecule has 6 nitrogen and oxygen atoms in total. The second kappa shape index (κ2) is 6.55. The second-order valence-corrected chi connectivity index (χ2v) is 9.02. The Morgan fingerprint density at radius 2 is 2.19 bits per heavy atom. The minimum Gasteiger partial charge on any atom is -0.443 e. The molecule has 0 bridgehead atoms. The zero-order valence-corrected chi connectivity index (χ0v) is 16.5. The molecule has 4 rings (SSSR count). The van der Waals surface area contributed by atoms with Gasteiger partial charge in [0.05, 0.1) is 12.3 Å². The third kappa shape index (κ3) is 2.92. The summed E-state index contributed by atoms with van der Waals surface area (Å²) in [5, 5.41) is 7.10. The molecule has 2 saturated carbocycles. The first kappa shape index (κ1) is 17.8. The Bertz CT molecular complexity index is 672. The standard InChI is InChI=1S/C20H32N4O2/c1-5-21-18(23-12-15-22-11-14(26-15)19(2,3)4)24-16-13-7-10-25-17(13)20(16)8-6-9-20/h11,13,16-17H,5-10,12H2,1-4H3,(H2,21,23,24). The molecule has 2 heterocycles. The van der Waals surface area contributed by atoms with E-state index in [-0.39, 0.29) is 5.41 Å². The van der Waals surface area contributed by atoms with Gasteiger partial charge in [-0.15, -0.1) is 0 Å². The lowest BCUT2D eigenvalue weighted by molar-refractivity contribution is -0.171. The van der Waals surface area contributed by atoms with Crippen molar-refractivity contribution in [2.75, 3.05) is 13.2 Å². The van der Waals surface area contributed by atoms with Crippen LogP contribution in [0.4, 0.5) is 0 Å². The molecule has 2 aliphatic carbocycles. The lowest BCUT2D eigenvalue weighted by Gasteiger charge is -2.63. The van der Waals surface area contributed by atoms with Crippen LogP contribution in [-0.4, -0.2) is 36.2 Å². The highest BCUT2D eigenvalue weighted by molar-refractivity contribution is 5.80. The summed E-state index contributed by atoms with van der Waals surface area (Å²) in [7, 11) is 0. The third-order valence-electron chi connectivity index (χ3n) is 6.34. The van der Waals surface area contributed by atoms with Crippen molar-refractivity contribution in [2.45, 2.75) is 77.5 Å². The van der Waals surface area contributed by atoms with Crippen LogP contribution in [0, 0.1) is 11.3 Å². The second-order valence-electron chi connectivity index (χ2n) is 9.02. The zero-order valence-electron chi connectivity index (χ0n) is 16.5. The summed E-state index contributed by atoms with van der Waals surface area (Å²) >= 11 is 0. The topological polar surface area (TPSA) is 71.7 Å². The predicted molar refractivity (Wildman–Crippen MR) is 101 cm³/mol. The molecule has 0 amide bonds. The van der Waals surface area contributed by atoms with E-state index in [0.717, 1.165) is 31.3 Å². The monoisotopic (exact) mass is 360 g/mol. The number of hydrogen-bond donors (Lipinski definition) is 2. The van der Waals surface area contributed by atoms with Crippen LogP contribution >= 0.6 is 0 Å². The molecule has 0 aromatic carbocycles. The molecule has 1 spiro atoms. The molecule has 3 unspecified atom stereocenters. The third-order valence-corrected chi connectivity index (χ3v) is 6.34. The van der Waals surface area contributed by atoms with E-state index in [1.807, 2.05) is 6.20 Å². The fraction of sp³-hybridized carbons (Fsp3) is 0.800. The minimum atomic E-state index is -0.0300. The van der Waals surface area contributed by atoms with E-state index in [2.05, 4.69) is 43.3 Å². The van der Waals surface area contributed by atoms with Crippen molar-refractivity contribution < 1.29 is 9.15 Å². The Morgan fingerprint density at radius 1 is 1.38 bits per heavy atom. The summed E-state index contributed by atoms with van der Waals surface area (Å²) < 4.78 is 11.9. The van der Waals surface area contributed by atoms with Gasteiger partial charge >= 0.3 is 0 Å².